The Hall–Kier alpha value is -4.41. The van der Waals surface area contributed by atoms with Crippen molar-refractivity contribution in [3.8, 4) is 11.4 Å². The molecular weight excluding hydrogens is 596 g/mol. The number of benzene rings is 1. The number of aromatic amines is 1. The number of nitrogens with one attached hydrogen (secondary N) is 2. The van der Waals surface area contributed by atoms with Crippen LogP contribution in [-0.2, 0) is 19.1 Å². The maximum Gasteiger partial charge on any atom is 0.423 e. The molecule has 1 unspecified atom stereocenters. The first-order valence-corrected chi connectivity index (χ1v) is 12.5. The largest absolute Gasteiger partial charge is 0.423 e. The van der Waals surface area contributed by atoms with Gasteiger partial charge in [-0.3, -0.25) is 9.59 Å². The van der Waals surface area contributed by atoms with E-state index in [0.29, 0.717) is 0 Å². The monoisotopic (exact) mass is 618 g/mol. The number of nitrogens with zero attached hydrogens (tertiary/aromatic N) is 4. The van der Waals surface area contributed by atoms with Gasteiger partial charge < -0.3 is 15.0 Å². The number of fused-ring (bicyclic) bond motifs is 1. The number of hydrogen-bond acceptors (Lipinski definition) is 7. The number of aliphatic hydroxyl groups excluding tert-OH is 1. The number of aliphatic hydroxyl groups is 1. The molecule has 0 saturated carbocycles. The average molecular weight is 618 g/mol. The highest BCUT2D eigenvalue weighted by Gasteiger charge is 2.38. The fourth-order valence-electron chi connectivity index (χ4n) is 4.34. The Bertz CT molecular complexity index is 1720. The van der Waals surface area contributed by atoms with E-state index >= 15 is 0 Å². The first-order valence-electron chi connectivity index (χ1n) is 12.5. The van der Waals surface area contributed by atoms with Gasteiger partial charge >= 0.3 is 12.4 Å². The normalized spacial score (nSPS) is 14.5. The zero-order chi connectivity index (χ0) is 31.7. The van der Waals surface area contributed by atoms with Gasteiger partial charge in [0.15, 0.2) is 11.9 Å². The van der Waals surface area contributed by atoms with Crippen LogP contribution in [0.15, 0.2) is 52.6 Å². The minimum absolute atomic E-state index is 0.0437. The number of alkyl halides is 7. The van der Waals surface area contributed by atoms with Crippen LogP contribution in [0.3, 0.4) is 0 Å². The maximum absolute atomic E-state index is 15.0. The van der Waals surface area contributed by atoms with Crippen LogP contribution in [0, 0.1) is 5.82 Å². The van der Waals surface area contributed by atoms with Crippen LogP contribution >= 0.6 is 0 Å². The molecule has 230 valence electrons. The fourth-order valence-corrected chi connectivity index (χ4v) is 4.34. The van der Waals surface area contributed by atoms with E-state index in [9.17, 15) is 49.8 Å². The summed E-state index contributed by atoms with van der Waals surface area (Å²) in [4.78, 5) is 32.3. The molecule has 3 heterocycles. The van der Waals surface area contributed by atoms with Gasteiger partial charge in [-0.1, -0.05) is 0 Å². The summed E-state index contributed by atoms with van der Waals surface area (Å²) in [6, 6.07) is 2.59. The van der Waals surface area contributed by atoms with Crippen molar-refractivity contribution in [2.75, 3.05) is 5.32 Å². The zero-order valence-electron chi connectivity index (χ0n) is 22.0. The van der Waals surface area contributed by atoms with Crippen molar-refractivity contribution in [2.24, 2.45) is 0 Å². The second-order valence-corrected chi connectivity index (χ2v) is 9.73. The van der Waals surface area contributed by atoms with Gasteiger partial charge in [0, 0.05) is 37.5 Å². The Morgan fingerprint density at radius 2 is 1.74 bits per heavy atom. The van der Waals surface area contributed by atoms with Crippen LogP contribution in [0.2, 0.25) is 0 Å². The molecule has 0 aliphatic rings. The van der Waals surface area contributed by atoms with E-state index in [1.807, 2.05) is 0 Å². The Labute approximate surface area is 236 Å². The molecule has 17 heteroatoms. The lowest BCUT2D eigenvalue weighted by Gasteiger charge is -2.20. The van der Waals surface area contributed by atoms with Crippen LogP contribution in [0.4, 0.5) is 40.8 Å². The summed E-state index contributed by atoms with van der Waals surface area (Å²) in [6.45, 7) is 0.860. The van der Waals surface area contributed by atoms with E-state index in [-0.39, 0.29) is 34.1 Å². The Kier molecular flexibility index (Phi) is 8.84. The predicted octanol–water partition coefficient (Wildman–Crippen LogP) is 4.39. The first kappa shape index (κ1) is 31.5. The molecule has 0 aliphatic heterocycles. The van der Waals surface area contributed by atoms with Gasteiger partial charge in [-0.25, -0.2) is 23.8 Å². The molecule has 3 N–H and O–H groups in total. The Morgan fingerprint density at radius 3 is 2.37 bits per heavy atom. The number of aromatic nitrogens is 5. The zero-order valence-corrected chi connectivity index (χ0v) is 22.0. The fraction of sp³-hybridized carbons (Fsp3) is 0.346. The molecule has 0 spiro atoms. The summed E-state index contributed by atoms with van der Waals surface area (Å²) in [5.41, 5.74) is -4.59. The molecule has 43 heavy (non-hydrogen) atoms. The average Bonchev–Trinajstić information content (AvgIpc) is 2.89. The Morgan fingerprint density at radius 1 is 1.07 bits per heavy atom. The lowest BCUT2D eigenvalue weighted by Crippen LogP contribution is -2.30. The number of rotatable bonds is 9. The molecule has 3 aromatic heterocycles. The van der Waals surface area contributed by atoms with Crippen LogP contribution in [-0.4, -0.2) is 54.3 Å². The summed E-state index contributed by atoms with van der Waals surface area (Å²) in [7, 11) is 0. The smallest absolute Gasteiger partial charge is 0.383 e. The third kappa shape index (κ3) is 7.33. The van der Waals surface area contributed by atoms with E-state index in [1.165, 1.54) is 25.3 Å². The predicted molar refractivity (Wildman–Crippen MR) is 137 cm³/mol. The van der Waals surface area contributed by atoms with E-state index in [0.717, 1.165) is 29.2 Å². The molecule has 0 bridgehead atoms. The summed E-state index contributed by atoms with van der Waals surface area (Å²) in [6.07, 6.45) is -11.4. The third-order valence-electron chi connectivity index (χ3n) is 6.36. The molecular formula is C26H22F8N6O3. The number of anilines is 1. The minimum Gasteiger partial charge on any atom is -0.383 e. The molecule has 4 rings (SSSR count). The summed E-state index contributed by atoms with van der Waals surface area (Å²) in [5, 5.41) is 16.7. The van der Waals surface area contributed by atoms with Crippen molar-refractivity contribution in [3.05, 3.63) is 80.6 Å². The topological polar surface area (TPSA) is 126 Å². The standard InChI is InChI=1S/C26H22F8N6O3/c1-12(38-19-10-37-39-23(42)21(19)26(32,33)34)4-15(27)11-40-3-2-14-6-17(18(28)7-16(14)24(40)43)22-35-8-13(9-36-22)5-20(41)25(29,30)31/h2-3,6-10,12,15,20,41H,4-5,11H2,1H3,(H2,38,39,42)/t12-,15-,20?/m1/s1. The van der Waals surface area contributed by atoms with Crippen LogP contribution < -0.4 is 16.4 Å². The molecule has 0 aliphatic carbocycles. The quantitative estimate of drug-likeness (QED) is 0.238. The highest BCUT2D eigenvalue weighted by Crippen LogP contribution is 2.32. The molecule has 0 amide bonds. The number of H-pyrrole nitrogens is 1. The molecule has 3 atom stereocenters. The first-order chi connectivity index (χ1) is 20.0. The highest BCUT2D eigenvalue weighted by atomic mass is 19.4. The van der Waals surface area contributed by atoms with Gasteiger partial charge in [-0.2, -0.15) is 31.4 Å². The number of hydrogen-bond donors (Lipinski definition) is 3. The van der Waals surface area contributed by atoms with Crippen molar-refractivity contribution >= 4 is 16.5 Å². The van der Waals surface area contributed by atoms with Gasteiger partial charge in [-0.15, -0.1) is 0 Å². The molecule has 0 fully saturated rings. The Balaban J connectivity index is 1.48. The maximum atomic E-state index is 15.0. The number of pyridine rings is 1. The lowest BCUT2D eigenvalue weighted by molar-refractivity contribution is -0.203. The molecule has 4 aromatic rings. The third-order valence-corrected chi connectivity index (χ3v) is 6.36. The SMILES string of the molecule is C[C@H](C[C@@H](F)Cn1ccc2cc(-c3ncc(CC(O)C(F)(F)F)cn3)c(F)cc2c1=O)Nc1cn[nH]c(=O)c1C(F)(F)F. The van der Waals surface area contributed by atoms with Crippen molar-refractivity contribution in [2.45, 2.75) is 57.0 Å². The minimum atomic E-state index is -4.99. The highest BCUT2D eigenvalue weighted by molar-refractivity contribution is 5.86. The molecule has 9 nitrogen and oxygen atoms in total. The van der Waals surface area contributed by atoms with Crippen molar-refractivity contribution < 1.29 is 40.2 Å². The van der Waals surface area contributed by atoms with Crippen molar-refractivity contribution in [3.63, 3.8) is 0 Å². The van der Waals surface area contributed by atoms with Gasteiger partial charge in [0.25, 0.3) is 11.1 Å². The van der Waals surface area contributed by atoms with Gasteiger partial charge in [0.1, 0.15) is 17.6 Å². The van der Waals surface area contributed by atoms with Crippen LogP contribution in [0.25, 0.3) is 22.2 Å². The second kappa shape index (κ2) is 12.1. The van der Waals surface area contributed by atoms with E-state index in [2.05, 4.69) is 20.4 Å². The summed E-state index contributed by atoms with van der Waals surface area (Å²) in [5.74, 6) is -1.13. The van der Waals surface area contributed by atoms with E-state index in [4.69, 9.17) is 0 Å². The lowest BCUT2D eigenvalue weighted by atomic mass is 10.1. The van der Waals surface area contributed by atoms with Gasteiger partial charge in [-0.05, 0) is 36.1 Å². The van der Waals surface area contributed by atoms with E-state index in [1.54, 1.807) is 5.10 Å². The van der Waals surface area contributed by atoms with Gasteiger partial charge in [0.2, 0.25) is 0 Å². The van der Waals surface area contributed by atoms with Crippen molar-refractivity contribution in [1.29, 1.82) is 0 Å². The summed E-state index contributed by atoms with van der Waals surface area (Å²) < 4.78 is 108. The number of halogens is 8. The summed E-state index contributed by atoms with van der Waals surface area (Å²) >= 11 is 0. The van der Waals surface area contributed by atoms with Crippen LogP contribution in [0.5, 0.6) is 0 Å². The van der Waals surface area contributed by atoms with Crippen LogP contribution in [0.1, 0.15) is 24.5 Å². The molecule has 0 radical (unpaired) electrons. The van der Waals surface area contributed by atoms with Crippen molar-refractivity contribution in [1.82, 2.24) is 24.7 Å². The second-order valence-electron chi connectivity index (χ2n) is 9.73. The van der Waals surface area contributed by atoms with E-state index < -0.39 is 71.8 Å². The molecule has 1 aromatic carbocycles. The van der Waals surface area contributed by atoms with Gasteiger partial charge in [0.05, 0.1) is 29.4 Å². The molecule has 0 saturated heterocycles.